The van der Waals surface area contributed by atoms with Crippen LogP contribution in [-0.4, -0.2) is 35.5 Å². The molecular formula is C13H20ClN5O. The fourth-order valence-corrected chi connectivity index (χ4v) is 2.53. The predicted molar refractivity (Wildman–Crippen MR) is 79.7 cm³/mol. The molecule has 1 fully saturated rings. The van der Waals surface area contributed by atoms with Crippen LogP contribution >= 0.6 is 11.6 Å². The predicted octanol–water partition coefficient (Wildman–Crippen LogP) is 1.45. The number of piperidine rings is 1. The summed E-state index contributed by atoms with van der Waals surface area (Å²) < 4.78 is 0. The van der Waals surface area contributed by atoms with Crippen LogP contribution in [0.2, 0.25) is 5.15 Å². The van der Waals surface area contributed by atoms with E-state index in [1.807, 2.05) is 6.92 Å². The van der Waals surface area contributed by atoms with Crippen molar-refractivity contribution in [2.45, 2.75) is 26.2 Å². The lowest BCUT2D eigenvalue weighted by molar-refractivity contribution is -0.125. The van der Waals surface area contributed by atoms with Gasteiger partial charge in [-0.2, -0.15) is 4.98 Å². The second-order valence-corrected chi connectivity index (χ2v) is 5.35. The van der Waals surface area contributed by atoms with Crippen LogP contribution in [0.1, 0.15) is 26.2 Å². The van der Waals surface area contributed by atoms with E-state index in [1.54, 1.807) is 6.07 Å². The summed E-state index contributed by atoms with van der Waals surface area (Å²) in [5, 5.41) is 3.29. The van der Waals surface area contributed by atoms with Crippen molar-refractivity contribution < 1.29 is 4.79 Å². The smallest absolute Gasteiger partial charge is 0.223 e. The van der Waals surface area contributed by atoms with Crippen molar-refractivity contribution in [2.75, 3.05) is 30.3 Å². The van der Waals surface area contributed by atoms with Gasteiger partial charge in [0, 0.05) is 31.6 Å². The van der Waals surface area contributed by atoms with E-state index >= 15 is 0 Å². The van der Waals surface area contributed by atoms with Crippen molar-refractivity contribution in [3.63, 3.8) is 0 Å². The molecule has 20 heavy (non-hydrogen) atoms. The van der Waals surface area contributed by atoms with Crippen molar-refractivity contribution in [1.29, 1.82) is 0 Å². The first-order chi connectivity index (χ1) is 9.60. The molecule has 0 aromatic carbocycles. The van der Waals surface area contributed by atoms with Gasteiger partial charge in [0.05, 0.1) is 0 Å². The summed E-state index contributed by atoms with van der Waals surface area (Å²) in [6.45, 7) is 4.34. The fraction of sp³-hybridized carbons (Fsp3) is 0.615. The number of hydrogen-bond acceptors (Lipinski definition) is 5. The third-order valence-electron chi connectivity index (χ3n) is 3.44. The fourth-order valence-electron chi connectivity index (χ4n) is 2.35. The normalized spacial score (nSPS) is 16.2. The molecule has 1 saturated heterocycles. The molecule has 7 heteroatoms. The first-order valence-corrected chi connectivity index (χ1v) is 7.30. The number of carbonyl (C=O) groups is 1. The molecule has 0 saturated carbocycles. The number of rotatable bonds is 4. The lowest BCUT2D eigenvalue weighted by Gasteiger charge is -2.32. The molecule has 0 atom stereocenters. The zero-order valence-corrected chi connectivity index (χ0v) is 12.4. The molecule has 0 unspecified atom stereocenters. The Morgan fingerprint density at radius 3 is 2.80 bits per heavy atom. The number of nitrogens with zero attached hydrogens (tertiary/aromatic N) is 3. The van der Waals surface area contributed by atoms with Gasteiger partial charge in [-0.15, -0.1) is 0 Å². The van der Waals surface area contributed by atoms with Crippen LogP contribution in [0.15, 0.2) is 6.07 Å². The summed E-state index contributed by atoms with van der Waals surface area (Å²) in [5.41, 5.74) is 5.60. The molecule has 1 aliphatic heterocycles. The minimum absolute atomic E-state index is 0.0902. The molecule has 6 nitrogen and oxygen atoms in total. The van der Waals surface area contributed by atoms with E-state index in [-0.39, 0.29) is 17.8 Å². The van der Waals surface area contributed by atoms with E-state index in [4.69, 9.17) is 17.3 Å². The minimum Gasteiger partial charge on any atom is -0.368 e. The van der Waals surface area contributed by atoms with E-state index in [9.17, 15) is 4.79 Å². The molecule has 2 heterocycles. The zero-order valence-electron chi connectivity index (χ0n) is 11.6. The highest BCUT2D eigenvalue weighted by atomic mass is 35.5. The molecular weight excluding hydrogens is 278 g/mol. The summed E-state index contributed by atoms with van der Waals surface area (Å²) in [5.74, 6) is 1.16. The molecule has 110 valence electrons. The summed E-state index contributed by atoms with van der Waals surface area (Å²) in [6, 6.07) is 1.70. The van der Waals surface area contributed by atoms with Crippen LogP contribution in [0, 0.1) is 5.92 Å². The number of halogens is 1. The van der Waals surface area contributed by atoms with Gasteiger partial charge in [-0.3, -0.25) is 4.79 Å². The van der Waals surface area contributed by atoms with Crippen LogP contribution in [0.3, 0.4) is 0 Å². The van der Waals surface area contributed by atoms with Gasteiger partial charge in [-0.25, -0.2) is 4.98 Å². The summed E-state index contributed by atoms with van der Waals surface area (Å²) in [6.07, 6.45) is 2.59. The number of nitrogens with two attached hydrogens (primary N) is 1. The second kappa shape index (κ2) is 6.74. The van der Waals surface area contributed by atoms with Crippen molar-refractivity contribution in [2.24, 2.45) is 5.92 Å². The molecule has 0 bridgehead atoms. The van der Waals surface area contributed by atoms with Crippen molar-refractivity contribution >= 4 is 29.3 Å². The van der Waals surface area contributed by atoms with Crippen LogP contribution in [-0.2, 0) is 4.79 Å². The monoisotopic (exact) mass is 297 g/mol. The Balaban J connectivity index is 1.92. The van der Waals surface area contributed by atoms with E-state index in [2.05, 4.69) is 20.2 Å². The van der Waals surface area contributed by atoms with E-state index in [1.165, 1.54) is 0 Å². The average molecular weight is 298 g/mol. The van der Waals surface area contributed by atoms with Crippen molar-refractivity contribution in [1.82, 2.24) is 15.3 Å². The zero-order chi connectivity index (χ0) is 14.5. The van der Waals surface area contributed by atoms with Crippen LogP contribution in [0.4, 0.5) is 11.8 Å². The highest BCUT2D eigenvalue weighted by molar-refractivity contribution is 6.29. The molecule has 3 N–H and O–H groups in total. The van der Waals surface area contributed by atoms with E-state index < -0.39 is 0 Å². The lowest BCUT2D eigenvalue weighted by Crippen LogP contribution is -2.41. The van der Waals surface area contributed by atoms with Gasteiger partial charge in [-0.05, 0) is 19.3 Å². The van der Waals surface area contributed by atoms with Gasteiger partial charge >= 0.3 is 0 Å². The third-order valence-corrected chi connectivity index (χ3v) is 3.63. The molecule has 2 rings (SSSR count). The summed E-state index contributed by atoms with van der Waals surface area (Å²) in [7, 11) is 0. The topological polar surface area (TPSA) is 84.1 Å². The largest absolute Gasteiger partial charge is 0.368 e. The minimum atomic E-state index is 0.0902. The molecule has 1 aromatic heterocycles. The maximum absolute atomic E-state index is 11.9. The lowest BCUT2D eigenvalue weighted by atomic mass is 9.96. The highest BCUT2D eigenvalue weighted by Crippen LogP contribution is 2.24. The van der Waals surface area contributed by atoms with Crippen LogP contribution in [0.25, 0.3) is 0 Å². The molecule has 1 aliphatic rings. The maximum atomic E-state index is 11.9. The van der Waals surface area contributed by atoms with Gasteiger partial charge in [0.2, 0.25) is 11.9 Å². The van der Waals surface area contributed by atoms with Crippen molar-refractivity contribution in [3.05, 3.63) is 11.2 Å². The molecule has 0 spiro atoms. The Bertz CT molecular complexity index is 454. The average Bonchev–Trinajstić information content (AvgIpc) is 2.44. The maximum Gasteiger partial charge on any atom is 0.223 e. The molecule has 0 radical (unpaired) electrons. The Morgan fingerprint density at radius 2 is 2.20 bits per heavy atom. The van der Waals surface area contributed by atoms with Gasteiger partial charge in [0.1, 0.15) is 11.0 Å². The van der Waals surface area contributed by atoms with Crippen LogP contribution < -0.4 is 16.0 Å². The highest BCUT2D eigenvalue weighted by Gasteiger charge is 2.25. The third kappa shape index (κ3) is 3.72. The number of nitrogen functional groups attached to an aromatic ring is 1. The first kappa shape index (κ1) is 14.8. The van der Waals surface area contributed by atoms with E-state index in [0.29, 0.717) is 5.15 Å². The Hall–Kier alpha value is -1.56. The number of nitrogens with one attached hydrogen (secondary N) is 1. The molecule has 0 aliphatic carbocycles. The Kier molecular flexibility index (Phi) is 5.00. The van der Waals surface area contributed by atoms with Crippen LogP contribution in [0.5, 0.6) is 0 Å². The van der Waals surface area contributed by atoms with Gasteiger partial charge in [0.25, 0.3) is 0 Å². The summed E-state index contributed by atoms with van der Waals surface area (Å²) in [4.78, 5) is 22.0. The number of aromatic nitrogens is 2. The number of hydrogen-bond donors (Lipinski definition) is 2. The van der Waals surface area contributed by atoms with E-state index in [0.717, 1.165) is 44.7 Å². The molecule has 1 amide bonds. The summed E-state index contributed by atoms with van der Waals surface area (Å²) >= 11 is 5.88. The standard InChI is InChI=1S/C13H20ClN5O/c1-2-5-16-12(20)9-3-6-19(7-4-9)11-8-10(14)17-13(15)18-11/h8-9H,2-7H2,1H3,(H,16,20)(H2,15,17,18). The number of anilines is 2. The number of carbonyl (C=O) groups excluding carboxylic acids is 1. The SMILES string of the molecule is CCCNC(=O)C1CCN(c2cc(Cl)nc(N)n2)CC1. The van der Waals surface area contributed by atoms with Gasteiger partial charge in [-0.1, -0.05) is 18.5 Å². The number of amides is 1. The van der Waals surface area contributed by atoms with Gasteiger partial charge in [0.15, 0.2) is 0 Å². The quantitative estimate of drug-likeness (QED) is 0.822. The van der Waals surface area contributed by atoms with Crippen molar-refractivity contribution in [3.8, 4) is 0 Å². The first-order valence-electron chi connectivity index (χ1n) is 6.93. The molecule has 1 aromatic rings. The Morgan fingerprint density at radius 1 is 1.50 bits per heavy atom. The van der Waals surface area contributed by atoms with Gasteiger partial charge < -0.3 is 16.0 Å². The second-order valence-electron chi connectivity index (χ2n) is 4.96. The Labute approximate surface area is 123 Å².